The molecule has 0 bridgehead atoms. The molecule has 0 aromatic carbocycles. The zero-order valence-electron chi connectivity index (χ0n) is 4.93. The molecule has 48 valence electrons. The van der Waals surface area contributed by atoms with Gasteiger partial charge in [0.25, 0.3) is 0 Å². The van der Waals surface area contributed by atoms with E-state index in [0.717, 1.165) is 0 Å². The standard InChI is InChI=1S/C2H3ClO2.CN.CH3.Tl/c3-1-2(4)5;1-2;;/h1H2,(H,4,5);;1H3;/q;;;+1/p-1. The summed E-state index contributed by atoms with van der Waals surface area (Å²) in [5.41, 5.74) is 0. The molecule has 0 rings (SSSR count). The van der Waals surface area contributed by atoms with E-state index in [2.05, 4.69) is 2.69 Å². The number of hydrogen-bond acceptors (Lipinski definition) is 3. The van der Waals surface area contributed by atoms with Crippen molar-refractivity contribution in [3.8, 4) is 3.63 Å². The van der Waals surface area contributed by atoms with Gasteiger partial charge < -0.3 is 0 Å². The van der Waals surface area contributed by atoms with Gasteiger partial charge in [-0.1, -0.05) is 0 Å². The summed E-state index contributed by atoms with van der Waals surface area (Å²) < 4.78 is 8.29. The molecule has 0 unspecified atom stereocenters. The van der Waals surface area contributed by atoms with Gasteiger partial charge in [0.2, 0.25) is 0 Å². The number of nitriles is 1. The van der Waals surface area contributed by atoms with E-state index in [4.69, 9.17) is 16.9 Å². The Kier molecular flexibility index (Phi) is 5.09. The van der Waals surface area contributed by atoms with Crippen molar-refractivity contribution in [3.63, 3.8) is 0 Å². The fraction of sp³-hybridized carbons (Fsp3) is 0.500. The van der Waals surface area contributed by atoms with Gasteiger partial charge in [0.15, 0.2) is 0 Å². The summed E-state index contributed by atoms with van der Waals surface area (Å²) in [6, 6.07) is 0. The van der Waals surface area contributed by atoms with Crippen molar-refractivity contribution < 1.29 is 7.48 Å². The van der Waals surface area contributed by atoms with Crippen molar-refractivity contribution in [2.24, 2.45) is 0 Å². The van der Waals surface area contributed by atoms with Gasteiger partial charge in [-0.25, -0.2) is 0 Å². The molecular formula is C4H5ClNO2Tl. The first-order valence-corrected chi connectivity index (χ1v) is 11.5. The van der Waals surface area contributed by atoms with Crippen LogP contribution in [-0.2, 0) is 7.48 Å². The van der Waals surface area contributed by atoms with Crippen molar-refractivity contribution in [1.29, 1.82) is 5.26 Å². The maximum absolute atomic E-state index is 10.3. The Morgan fingerprint density at radius 1 is 2.00 bits per heavy atom. The van der Waals surface area contributed by atoms with Crippen LogP contribution >= 0.6 is 11.6 Å². The van der Waals surface area contributed by atoms with E-state index in [-0.39, 0.29) is 5.88 Å². The van der Waals surface area contributed by atoms with Gasteiger partial charge in [0, 0.05) is 0 Å². The van der Waals surface area contributed by atoms with E-state index in [1.807, 2.05) is 3.63 Å². The van der Waals surface area contributed by atoms with Gasteiger partial charge >= 0.3 is 67.5 Å². The zero-order chi connectivity index (χ0) is 7.28. The molecule has 3 nitrogen and oxygen atoms in total. The van der Waals surface area contributed by atoms with Crippen LogP contribution in [0.4, 0.5) is 0 Å². The van der Waals surface area contributed by atoms with Crippen LogP contribution < -0.4 is 0 Å². The number of hydrogen-bond donors (Lipinski definition) is 0. The van der Waals surface area contributed by atoms with Crippen molar-refractivity contribution in [2.45, 2.75) is 4.48 Å². The first-order chi connectivity index (χ1) is 4.20. The predicted molar refractivity (Wildman–Crippen MR) is 34.0 cm³/mol. The second kappa shape index (κ2) is 5.00. The molecular weight excluding hydrogens is 334 g/mol. The third-order valence-electron chi connectivity index (χ3n) is 0.599. The Balaban J connectivity index is 3.50. The molecule has 0 atom stereocenters. The van der Waals surface area contributed by atoms with Crippen molar-refractivity contribution in [1.82, 2.24) is 0 Å². The Morgan fingerprint density at radius 2 is 2.56 bits per heavy atom. The molecule has 0 amide bonds. The second-order valence-corrected chi connectivity index (χ2v) is 8.58. The average molecular weight is 339 g/mol. The van der Waals surface area contributed by atoms with Gasteiger partial charge in [-0.3, -0.25) is 0 Å². The number of carbonyl (C=O) groups excluding carboxylic acids is 1. The van der Waals surface area contributed by atoms with Crippen LogP contribution in [-0.4, -0.2) is 35.0 Å². The second-order valence-electron chi connectivity index (χ2n) is 1.39. The van der Waals surface area contributed by atoms with Crippen molar-refractivity contribution in [2.75, 3.05) is 5.88 Å². The van der Waals surface area contributed by atoms with Crippen LogP contribution in [0, 0.1) is 8.89 Å². The molecule has 0 radical (unpaired) electrons. The Hall–Kier alpha value is 0.172. The zero-order valence-corrected chi connectivity index (χ0v) is 10.2. The molecule has 0 saturated carbocycles. The summed E-state index contributed by atoms with van der Waals surface area (Å²) in [7, 11) is 0. The summed E-state index contributed by atoms with van der Waals surface area (Å²) >= 11 is 2.51. The monoisotopic (exact) mass is 339 g/mol. The van der Waals surface area contributed by atoms with Gasteiger partial charge in [0.05, 0.1) is 0 Å². The van der Waals surface area contributed by atoms with Crippen LogP contribution in [0.2, 0.25) is 4.48 Å². The fourth-order valence-electron chi connectivity index (χ4n) is 0.255. The molecule has 0 aliphatic heterocycles. The predicted octanol–water partition coefficient (Wildman–Crippen LogP) is 0.452. The first kappa shape index (κ1) is 9.17. The van der Waals surface area contributed by atoms with Gasteiger partial charge in [-0.2, -0.15) is 0 Å². The fourth-order valence-corrected chi connectivity index (χ4v) is 2.79. The first-order valence-electron chi connectivity index (χ1n) is 2.35. The van der Waals surface area contributed by atoms with Crippen LogP contribution in [0.5, 0.6) is 0 Å². The molecule has 0 spiro atoms. The third-order valence-corrected chi connectivity index (χ3v) is 4.63. The minimum atomic E-state index is -2.60. The number of halogens is 1. The summed E-state index contributed by atoms with van der Waals surface area (Å²) in [6.07, 6.45) is 0. The molecule has 0 N–H and O–H groups in total. The third kappa shape index (κ3) is 4.66. The van der Waals surface area contributed by atoms with E-state index >= 15 is 0 Å². The molecule has 9 heavy (non-hydrogen) atoms. The van der Waals surface area contributed by atoms with Crippen molar-refractivity contribution >= 4 is 40.7 Å². The van der Waals surface area contributed by atoms with Crippen LogP contribution in [0.15, 0.2) is 0 Å². The van der Waals surface area contributed by atoms with Gasteiger partial charge in [-0.15, -0.1) is 0 Å². The molecule has 0 aliphatic carbocycles. The number of carbonyl (C=O) groups is 1. The molecule has 0 aliphatic rings. The molecule has 0 fully saturated rings. The van der Waals surface area contributed by atoms with E-state index in [1.54, 1.807) is 4.48 Å². The topological polar surface area (TPSA) is 50.1 Å². The average Bonchev–Trinajstić information content (AvgIpc) is 1.87. The Morgan fingerprint density at radius 3 is 2.89 bits per heavy atom. The van der Waals surface area contributed by atoms with E-state index < -0.39 is 29.1 Å². The van der Waals surface area contributed by atoms with E-state index in [0.29, 0.717) is 0 Å². The van der Waals surface area contributed by atoms with Crippen molar-refractivity contribution in [3.05, 3.63) is 0 Å². The summed E-state index contributed by atoms with van der Waals surface area (Å²) in [6.45, 7) is 0. The molecule has 5 heteroatoms. The summed E-state index contributed by atoms with van der Waals surface area (Å²) in [5, 5.41) is 8.21. The number of rotatable bonds is 2. The van der Waals surface area contributed by atoms with E-state index in [1.165, 1.54) is 0 Å². The Labute approximate surface area is 67.3 Å². The molecule has 0 heterocycles. The Bertz CT molecular complexity index is 144. The summed E-state index contributed by atoms with van der Waals surface area (Å²) in [5.74, 6) is -0.612. The minimum absolute atomic E-state index is 0.147. The van der Waals surface area contributed by atoms with E-state index in [9.17, 15) is 4.79 Å². The summed E-state index contributed by atoms with van der Waals surface area (Å²) in [4.78, 5) is 10.3. The SMILES string of the molecule is [CH3][Tl]([C]#N)[O]C(=O)CCl. The van der Waals surface area contributed by atoms with Crippen LogP contribution in [0.3, 0.4) is 0 Å². The number of alkyl halides is 1. The van der Waals surface area contributed by atoms with Crippen LogP contribution in [0.1, 0.15) is 0 Å². The molecule has 0 aromatic heterocycles. The molecule has 0 saturated heterocycles. The number of nitrogens with zero attached hydrogens (tertiary/aromatic N) is 1. The normalized spacial score (nSPS) is 7.67. The van der Waals surface area contributed by atoms with Gasteiger partial charge in [0.1, 0.15) is 0 Å². The quantitative estimate of drug-likeness (QED) is 0.542. The van der Waals surface area contributed by atoms with Gasteiger partial charge in [-0.05, 0) is 0 Å². The van der Waals surface area contributed by atoms with Crippen LogP contribution in [0.25, 0.3) is 0 Å². The molecule has 0 aromatic rings. The maximum atomic E-state index is 10.3.